The van der Waals surface area contributed by atoms with E-state index in [9.17, 15) is 9.36 Å². The first-order valence-electron chi connectivity index (χ1n) is 9.23. The summed E-state index contributed by atoms with van der Waals surface area (Å²) in [5.74, 6) is -0.562. The summed E-state index contributed by atoms with van der Waals surface area (Å²) in [7, 11) is -3.64. The first-order chi connectivity index (χ1) is 13.0. The Labute approximate surface area is 161 Å². The van der Waals surface area contributed by atoms with Crippen molar-refractivity contribution >= 4 is 13.6 Å². The van der Waals surface area contributed by atoms with Crippen LogP contribution in [0.25, 0.3) is 11.1 Å². The van der Waals surface area contributed by atoms with Crippen LogP contribution >= 0.6 is 7.60 Å². The molecule has 146 valence electrons. The predicted octanol–water partition coefficient (Wildman–Crippen LogP) is 5.09. The summed E-state index contributed by atoms with van der Waals surface area (Å²) >= 11 is 0. The fourth-order valence-corrected chi connectivity index (χ4v) is 4.79. The highest BCUT2D eigenvalue weighted by molar-refractivity contribution is 7.55. The second-order valence-electron chi connectivity index (χ2n) is 5.91. The standard InChI is InChI=1S/C21H27O5P/c1-4-24-21(22)20(27(23,25-5-2)26-6-3)16-17-11-10-14-19(15-17)18-12-8-7-9-13-18/h7-15,20H,4-6,16H2,1-3H3. The van der Waals surface area contributed by atoms with Gasteiger partial charge in [-0.1, -0.05) is 54.6 Å². The minimum atomic E-state index is -3.64. The minimum absolute atomic E-state index is 0.192. The number of ether oxygens (including phenoxy) is 1. The first kappa shape index (κ1) is 21.4. The van der Waals surface area contributed by atoms with Crippen molar-refractivity contribution in [2.24, 2.45) is 0 Å². The predicted molar refractivity (Wildman–Crippen MR) is 107 cm³/mol. The van der Waals surface area contributed by atoms with Crippen molar-refractivity contribution in [3.8, 4) is 11.1 Å². The normalized spacial score (nSPS) is 12.6. The number of carbonyl (C=O) groups is 1. The molecule has 5 nitrogen and oxygen atoms in total. The molecule has 2 rings (SSSR count). The highest BCUT2D eigenvalue weighted by atomic mass is 31.2. The molecule has 0 aliphatic carbocycles. The number of rotatable bonds is 10. The van der Waals surface area contributed by atoms with E-state index in [1.165, 1.54) is 0 Å². The zero-order valence-electron chi connectivity index (χ0n) is 16.1. The Kier molecular flexibility index (Phi) is 8.23. The molecule has 0 heterocycles. The third-order valence-electron chi connectivity index (χ3n) is 4.02. The van der Waals surface area contributed by atoms with Gasteiger partial charge in [-0.15, -0.1) is 0 Å². The Bertz CT molecular complexity index is 765. The van der Waals surface area contributed by atoms with E-state index < -0.39 is 19.2 Å². The third kappa shape index (κ3) is 5.77. The monoisotopic (exact) mass is 390 g/mol. The molecule has 0 aliphatic heterocycles. The second kappa shape index (κ2) is 10.4. The SMILES string of the molecule is CCOC(=O)C(Cc1cccc(-c2ccccc2)c1)P(=O)(OCC)OCC. The van der Waals surface area contributed by atoms with Gasteiger partial charge in [-0.3, -0.25) is 9.36 Å². The molecule has 0 bridgehead atoms. The number of benzene rings is 2. The van der Waals surface area contributed by atoms with Gasteiger partial charge in [0.1, 0.15) is 0 Å². The molecular formula is C21H27O5P. The Morgan fingerprint density at radius 3 is 2.11 bits per heavy atom. The Morgan fingerprint density at radius 1 is 0.889 bits per heavy atom. The molecule has 0 spiro atoms. The fourth-order valence-electron chi connectivity index (χ4n) is 2.87. The van der Waals surface area contributed by atoms with E-state index in [4.69, 9.17) is 13.8 Å². The Balaban J connectivity index is 2.35. The number of hydrogen-bond donors (Lipinski definition) is 0. The van der Waals surface area contributed by atoms with Gasteiger partial charge in [-0.2, -0.15) is 0 Å². The van der Waals surface area contributed by atoms with Gasteiger partial charge < -0.3 is 13.8 Å². The first-order valence-corrected chi connectivity index (χ1v) is 10.8. The van der Waals surface area contributed by atoms with E-state index in [0.717, 1.165) is 16.7 Å². The highest BCUT2D eigenvalue weighted by Crippen LogP contribution is 2.54. The molecule has 2 aromatic rings. The number of esters is 1. The molecule has 0 aliphatic rings. The van der Waals surface area contributed by atoms with Gasteiger partial charge in [0, 0.05) is 0 Å². The molecule has 0 saturated carbocycles. The average molecular weight is 390 g/mol. The van der Waals surface area contributed by atoms with E-state index in [1.54, 1.807) is 20.8 Å². The number of hydrogen-bond acceptors (Lipinski definition) is 5. The zero-order valence-corrected chi connectivity index (χ0v) is 17.0. The quantitative estimate of drug-likeness (QED) is 0.417. The summed E-state index contributed by atoms with van der Waals surface area (Å²) in [4.78, 5) is 12.5. The fraction of sp³-hybridized carbons (Fsp3) is 0.381. The van der Waals surface area contributed by atoms with E-state index in [2.05, 4.69) is 0 Å². The van der Waals surface area contributed by atoms with E-state index in [1.807, 2.05) is 54.6 Å². The van der Waals surface area contributed by atoms with E-state index in [0.29, 0.717) is 0 Å². The molecule has 2 aromatic carbocycles. The van der Waals surface area contributed by atoms with Crippen LogP contribution in [0, 0.1) is 0 Å². The van der Waals surface area contributed by atoms with Gasteiger partial charge in [0.15, 0.2) is 5.66 Å². The second-order valence-corrected chi connectivity index (χ2v) is 8.13. The molecule has 0 radical (unpaired) electrons. The third-order valence-corrected chi connectivity index (χ3v) is 6.41. The smallest absolute Gasteiger partial charge is 0.345 e. The lowest BCUT2D eigenvalue weighted by molar-refractivity contribution is -0.143. The maximum atomic E-state index is 13.2. The molecule has 0 aromatic heterocycles. The van der Waals surface area contributed by atoms with Gasteiger partial charge >= 0.3 is 13.6 Å². The van der Waals surface area contributed by atoms with Crippen LogP contribution < -0.4 is 0 Å². The molecule has 0 amide bonds. The Hall–Kier alpha value is -1.94. The summed E-state index contributed by atoms with van der Waals surface area (Å²) < 4.78 is 29.2. The largest absolute Gasteiger partial charge is 0.465 e. The van der Waals surface area contributed by atoms with Crippen molar-refractivity contribution in [1.29, 1.82) is 0 Å². The molecule has 27 heavy (non-hydrogen) atoms. The van der Waals surface area contributed by atoms with Crippen LogP contribution in [0.5, 0.6) is 0 Å². The summed E-state index contributed by atoms with van der Waals surface area (Å²) in [6, 6.07) is 17.8. The van der Waals surface area contributed by atoms with Crippen LogP contribution in [-0.2, 0) is 29.6 Å². The van der Waals surface area contributed by atoms with Crippen molar-refractivity contribution < 1.29 is 23.1 Å². The van der Waals surface area contributed by atoms with Crippen molar-refractivity contribution in [2.75, 3.05) is 19.8 Å². The van der Waals surface area contributed by atoms with Crippen LogP contribution in [0.15, 0.2) is 54.6 Å². The van der Waals surface area contributed by atoms with Gasteiger partial charge in [-0.05, 0) is 43.9 Å². The number of carbonyl (C=O) groups excluding carboxylic acids is 1. The van der Waals surface area contributed by atoms with Crippen LogP contribution in [-0.4, -0.2) is 31.4 Å². The van der Waals surface area contributed by atoms with E-state index in [-0.39, 0.29) is 26.2 Å². The van der Waals surface area contributed by atoms with Crippen molar-refractivity contribution in [3.05, 3.63) is 60.2 Å². The molecule has 0 N–H and O–H groups in total. The van der Waals surface area contributed by atoms with Crippen molar-refractivity contribution in [2.45, 2.75) is 32.9 Å². The summed E-state index contributed by atoms with van der Waals surface area (Å²) in [5, 5.41) is 0. The van der Waals surface area contributed by atoms with Crippen LogP contribution in [0.3, 0.4) is 0 Å². The maximum Gasteiger partial charge on any atom is 0.345 e. The molecule has 6 heteroatoms. The van der Waals surface area contributed by atoms with E-state index >= 15 is 0 Å². The summed E-state index contributed by atoms with van der Waals surface area (Å²) in [6.45, 7) is 5.76. The molecular weight excluding hydrogens is 363 g/mol. The lowest BCUT2D eigenvalue weighted by atomic mass is 10.0. The van der Waals surface area contributed by atoms with Crippen molar-refractivity contribution in [3.63, 3.8) is 0 Å². The lowest BCUT2D eigenvalue weighted by Crippen LogP contribution is -2.28. The molecule has 0 fully saturated rings. The van der Waals surface area contributed by atoms with Crippen LogP contribution in [0.1, 0.15) is 26.3 Å². The van der Waals surface area contributed by atoms with Gasteiger partial charge in [0.2, 0.25) is 0 Å². The van der Waals surface area contributed by atoms with Crippen LogP contribution in [0.2, 0.25) is 0 Å². The van der Waals surface area contributed by atoms with Gasteiger partial charge in [-0.25, -0.2) is 0 Å². The van der Waals surface area contributed by atoms with Gasteiger partial charge in [0.25, 0.3) is 0 Å². The average Bonchev–Trinajstić information content (AvgIpc) is 2.67. The molecule has 1 unspecified atom stereocenters. The maximum absolute atomic E-state index is 13.2. The van der Waals surface area contributed by atoms with Crippen molar-refractivity contribution in [1.82, 2.24) is 0 Å². The lowest BCUT2D eigenvalue weighted by Gasteiger charge is -2.25. The summed E-state index contributed by atoms with van der Waals surface area (Å²) in [5.41, 5.74) is 1.97. The highest BCUT2D eigenvalue weighted by Gasteiger charge is 2.42. The minimum Gasteiger partial charge on any atom is -0.465 e. The molecule has 1 atom stereocenters. The summed E-state index contributed by atoms with van der Waals surface area (Å²) in [6.07, 6.45) is 0.219. The van der Waals surface area contributed by atoms with Gasteiger partial charge in [0.05, 0.1) is 19.8 Å². The Morgan fingerprint density at radius 2 is 1.52 bits per heavy atom. The molecule has 0 saturated heterocycles. The zero-order chi connectivity index (χ0) is 19.7. The topological polar surface area (TPSA) is 61.8 Å². The van der Waals surface area contributed by atoms with Crippen LogP contribution in [0.4, 0.5) is 0 Å².